The molecule has 0 saturated carbocycles. The van der Waals surface area contributed by atoms with Gasteiger partial charge in [-0.2, -0.15) is 0 Å². The number of rotatable bonds is 7. The van der Waals surface area contributed by atoms with Gasteiger partial charge in [-0.1, -0.05) is 6.92 Å². The Balaban J connectivity index is 1.67. The summed E-state index contributed by atoms with van der Waals surface area (Å²) in [6, 6.07) is 4.49. The number of thiophene rings is 1. The van der Waals surface area contributed by atoms with Gasteiger partial charge in [0.05, 0.1) is 0 Å². The van der Waals surface area contributed by atoms with Gasteiger partial charge in [0.25, 0.3) is 0 Å². The van der Waals surface area contributed by atoms with Crippen molar-refractivity contribution in [3.05, 3.63) is 21.9 Å². The summed E-state index contributed by atoms with van der Waals surface area (Å²) in [4.78, 5) is 18.3. The van der Waals surface area contributed by atoms with E-state index < -0.39 is 5.97 Å². The number of hydrogen-bond acceptors (Lipinski definition) is 4. The van der Waals surface area contributed by atoms with E-state index >= 15 is 0 Å². The number of carboxylic acid groups (broad SMARTS) is 1. The van der Waals surface area contributed by atoms with Crippen LogP contribution in [0.15, 0.2) is 12.1 Å². The van der Waals surface area contributed by atoms with Crippen LogP contribution in [0.2, 0.25) is 0 Å². The molecule has 0 radical (unpaired) electrons. The zero-order chi connectivity index (χ0) is 14.4. The maximum Gasteiger partial charge on any atom is 0.303 e. The van der Waals surface area contributed by atoms with Crippen molar-refractivity contribution in [3.63, 3.8) is 0 Å². The minimum Gasteiger partial charge on any atom is -0.481 e. The monoisotopic (exact) mass is 296 g/mol. The summed E-state index contributed by atoms with van der Waals surface area (Å²) in [5, 5.41) is 8.65. The van der Waals surface area contributed by atoms with E-state index in [4.69, 9.17) is 5.11 Å². The number of carbonyl (C=O) groups is 1. The fraction of sp³-hybridized carbons (Fsp3) is 0.667. The van der Waals surface area contributed by atoms with Gasteiger partial charge in [-0.05, 0) is 31.5 Å². The summed E-state index contributed by atoms with van der Waals surface area (Å²) in [5.74, 6) is -0.687. The van der Waals surface area contributed by atoms with Gasteiger partial charge in [0, 0.05) is 48.9 Å². The Hall–Kier alpha value is -0.910. The molecule has 4 nitrogen and oxygen atoms in total. The smallest absolute Gasteiger partial charge is 0.303 e. The quantitative estimate of drug-likeness (QED) is 0.838. The third-order valence-corrected chi connectivity index (χ3v) is 4.99. The van der Waals surface area contributed by atoms with E-state index in [0.29, 0.717) is 0 Å². The van der Waals surface area contributed by atoms with Gasteiger partial charge in [0.2, 0.25) is 0 Å². The van der Waals surface area contributed by atoms with E-state index in [9.17, 15) is 4.79 Å². The number of aryl methyl sites for hydroxylation is 1. The molecule has 0 spiro atoms. The van der Waals surface area contributed by atoms with Gasteiger partial charge in [-0.15, -0.1) is 11.3 Å². The lowest BCUT2D eigenvalue weighted by Crippen LogP contribution is -2.46. The molecule has 5 heteroatoms. The maximum atomic E-state index is 10.5. The molecule has 0 unspecified atom stereocenters. The highest BCUT2D eigenvalue weighted by Crippen LogP contribution is 2.19. The first-order valence-electron chi connectivity index (χ1n) is 7.41. The maximum absolute atomic E-state index is 10.5. The molecule has 0 bridgehead atoms. The third kappa shape index (κ3) is 4.89. The lowest BCUT2D eigenvalue weighted by molar-refractivity contribution is -0.137. The number of aliphatic carboxylic acids is 1. The molecule has 1 aliphatic rings. The van der Waals surface area contributed by atoms with Crippen molar-refractivity contribution >= 4 is 17.3 Å². The second-order valence-corrected chi connectivity index (χ2v) is 6.59. The molecule has 1 aliphatic heterocycles. The van der Waals surface area contributed by atoms with Gasteiger partial charge in [0.15, 0.2) is 0 Å². The zero-order valence-electron chi connectivity index (χ0n) is 12.2. The molecule has 0 atom stereocenters. The van der Waals surface area contributed by atoms with Crippen LogP contribution in [0.4, 0.5) is 0 Å². The molecule has 0 aliphatic carbocycles. The summed E-state index contributed by atoms with van der Waals surface area (Å²) < 4.78 is 0. The van der Waals surface area contributed by atoms with Crippen molar-refractivity contribution in [3.8, 4) is 0 Å². The first kappa shape index (κ1) is 15.5. The van der Waals surface area contributed by atoms with E-state index in [2.05, 4.69) is 28.9 Å². The molecule has 0 aromatic carbocycles. The second kappa shape index (κ2) is 7.76. The molecule has 2 heterocycles. The molecule has 0 amide bonds. The van der Waals surface area contributed by atoms with Crippen molar-refractivity contribution in [2.45, 2.75) is 32.7 Å². The average Bonchev–Trinajstić information content (AvgIpc) is 2.88. The Morgan fingerprint density at radius 2 is 1.85 bits per heavy atom. The molecule has 20 heavy (non-hydrogen) atoms. The van der Waals surface area contributed by atoms with Crippen molar-refractivity contribution < 1.29 is 9.90 Å². The van der Waals surface area contributed by atoms with E-state index in [0.717, 1.165) is 52.1 Å². The highest BCUT2D eigenvalue weighted by molar-refractivity contribution is 7.11. The van der Waals surface area contributed by atoms with Crippen molar-refractivity contribution in [2.24, 2.45) is 0 Å². The Morgan fingerprint density at radius 1 is 1.20 bits per heavy atom. The number of nitrogens with zero attached hydrogens (tertiary/aromatic N) is 2. The lowest BCUT2D eigenvalue weighted by atomic mass is 10.2. The summed E-state index contributed by atoms with van der Waals surface area (Å²) in [6.45, 7) is 8.48. The molecular weight excluding hydrogens is 272 g/mol. The minimum absolute atomic E-state index is 0.287. The van der Waals surface area contributed by atoms with Crippen LogP contribution in [0.3, 0.4) is 0 Å². The van der Waals surface area contributed by atoms with Crippen LogP contribution < -0.4 is 0 Å². The summed E-state index contributed by atoms with van der Waals surface area (Å²) in [6.07, 6.45) is 2.18. The van der Waals surface area contributed by atoms with Gasteiger partial charge in [-0.3, -0.25) is 9.69 Å². The van der Waals surface area contributed by atoms with Crippen molar-refractivity contribution in [1.29, 1.82) is 0 Å². The molecule has 1 aromatic heterocycles. The first-order valence-corrected chi connectivity index (χ1v) is 8.23. The summed E-state index contributed by atoms with van der Waals surface area (Å²) in [7, 11) is 0. The molecule has 1 N–H and O–H groups in total. The highest BCUT2D eigenvalue weighted by Gasteiger charge is 2.17. The van der Waals surface area contributed by atoms with Crippen LogP contribution >= 0.6 is 11.3 Å². The fourth-order valence-corrected chi connectivity index (χ4v) is 3.54. The van der Waals surface area contributed by atoms with Gasteiger partial charge in [-0.25, -0.2) is 0 Å². The van der Waals surface area contributed by atoms with E-state index in [1.165, 1.54) is 9.75 Å². The second-order valence-electron chi connectivity index (χ2n) is 5.34. The Morgan fingerprint density at radius 3 is 2.45 bits per heavy atom. The Bertz CT molecular complexity index is 425. The molecule has 112 valence electrons. The van der Waals surface area contributed by atoms with Crippen LogP contribution in [-0.4, -0.2) is 53.6 Å². The number of hydrogen-bond donors (Lipinski definition) is 1. The summed E-state index contributed by atoms with van der Waals surface area (Å²) in [5.41, 5.74) is 0. The van der Waals surface area contributed by atoms with Crippen molar-refractivity contribution in [2.75, 3.05) is 32.7 Å². The van der Waals surface area contributed by atoms with E-state index in [1.54, 1.807) is 0 Å². The van der Waals surface area contributed by atoms with Gasteiger partial charge >= 0.3 is 5.97 Å². The third-order valence-electron chi connectivity index (χ3n) is 3.78. The number of piperazine rings is 1. The molecular formula is C15H24N2O2S. The average molecular weight is 296 g/mol. The molecule has 1 aromatic rings. The Kier molecular flexibility index (Phi) is 6.01. The number of carboxylic acids is 1. The normalized spacial score (nSPS) is 17.4. The van der Waals surface area contributed by atoms with Crippen LogP contribution in [0.25, 0.3) is 0 Å². The summed E-state index contributed by atoms with van der Waals surface area (Å²) >= 11 is 1.92. The lowest BCUT2D eigenvalue weighted by Gasteiger charge is -2.34. The topological polar surface area (TPSA) is 43.8 Å². The van der Waals surface area contributed by atoms with Crippen molar-refractivity contribution in [1.82, 2.24) is 9.80 Å². The standard InChI is InChI=1S/C15H24N2O2S/c1-2-13-5-6-14(20-13)12-17-10-8-16(9-11-17)7-3-4-15(18)19/h5-6H,2-4,7-12H2,1H3,(H,18,19). The fourth-order valence-electron chi connectivity index (χ4n) is 2.54. The van der Waals surface area contributed by atoms with Gasteiger partial charge < -0.3 is 10.0 Å². The predicted octanol–water partition coefficient (Wildman–Crippen LogP) is 2.29. The SMILES string of the molecule is CCc1ccc(CN2CCN(CCCC(=O)O)CC2)s1. The van der Waals surface area contributed by atoms with Crippen LogP contribution in [0, 0.1) is 0 Å². The van der Waals surface area contributed by atoms with Crippen LogP contribution in [0.1, 0.15) is 29.5 Å². The predicted molar refractivity (Wildman–Crippen MR) is 82.3 cm³/mol. The Labute approximate surface area is 125 Å². The minimum atomic E-state index is -0.687. The molecule has 1 saturated heterocycles. The largest absolute Gasteiger partial charge is 0.481 e. The van der Waals surface area contributed by atoms with Crippen LogP contribution in [-0.2, 0) is 17.8 Å². The zero-order valence-corrected chi connectivity index (χ0v) is 13.0. The highest BCUT2D eigenvalue weighted by atomic mass is 32.1. The molecule has 1 fully saturated rings. The van der Waals surface area contributed by atoms with E-state index in [1.807, 2.05) is 11.3 Å². The molecule has 2 rings (SSSR count). The van der Waals surface area contributed by atoms with Crippen LogP contribution in [0.5, 0.6) is 0 Å². The van der Waals surface area contributed by atoms with Gasteiger partial charge in [0.1, 0.15) is 0 Å². The van der Waals surface area contributed by atoms with E-state index in [-0.39, 0.29) is 6.42 Å². The first-order chi connectivity index (χ1) is 9.67.